The Hall–Kier alpha value is -2.67. The molecule has 0 atom stereocenters. The molecular formula is C14H12N2O2. The van der Waals surface area contributed by atoms with Crippen LogP contribution in [0.5, 0.6) is 17.2 Å². The van der Waals surface area contributed by atoms with Crippen molar-refractivity contribution in [1.29, 1.82) is 5.26 Å². The number of hydrogen-bond acceptors (Lipinski definition) is 4. The van der Waals surface area contributed by atoms with Gasteiger partial charge < -0.3 is 15.2 Å². The first-order valence-electron chi connectivity index (χ1n) is 5.35. The molecule has 2 rings (SSSR count). The Morgan fingerprint density at radius 2 is 1.83 bits per heavy atom. The van der Waals surface area contributed by atoms with E-state index < -0.39 is 0 Å². The Bertz CT molecular complexity index is 603. The molecule has 0 amide bonds. The summed E-state index contributed by atoms with van der Waals surface area (Å²) in [5.74, 6) is 1.81. The second-order valence-corrected chi connectivity index (χ2v) is 3.61. The van der Waals surface area contributed by atoms with Gasteiger partial charge in [0.2, 0.25) is 0 Å². The Morgan fingerprint density at radius 1 is 1.11 bits per heavy atom. The van der Waals surface area contributed by atoms with Crippen molar-refractivity contribution < 1.29 is 9.47 Å². The average molecular weight is 240 g/mol. The molecule has 2 aromatic rings. The minimum absolute atomic E-state index is 0.393. The van der Waals surface area contributed by atoms with Gasteiger partial charge >= 0.3 is 0 Å². The molecule has 4 heteroatoms. The molecule has 90 valence electrons. The molecule has 0 heterocycles. The Kier molecular flexibility index (Phi) is 3.35. The summed E-state index contributed by atoms with van der Waals surface area (Å²) in [6.45, 7) is 0. The van der Waals surface area contributed by atoms with Crippen molar-refractivity contribution in [1.82, 2.24) is 0 Å². The fraction of sp³-hybridized carbons (Fsp3) is 0.0714. The predicted octanol–water partition coefficient (Wildman–Crippen LogP) is 2.94. The highest BCUT2D eigenvalue weighted by Gasteiger charge is 2.06. The summed E-state index contributed by atoms with van der Waals surface area (Å²) < 4.78 is 10.9. The van der Waals surface area contributed by atoms with Crippen LogP contribution in [0.3, 0.4) is 0 Å². The largest absolute Gasteiger partial charge is 0.493 e. The average Bonchev–Trinajstić information content (AvgIpc) is 2.39. The van der Waals surface area contributed by atoms with E-state index in [-0.39, 0.29) is 0 Å². The van der Waals surface area contributed by atoms with Gasteiger partial charge in [0.15, 0.2) is 11.5 Å². The molecule has 0 spiro atoms. The third-order valence-electron chi connectivity index (χ3n) is 2.44. The number of para-hydroxylation sites is 2. The highest BCUT2D eigenvalue weighted by molar-refractivity contribution is 5.58. The van der Waals surface area contributed by atoms with Gasteiger partial charge in [-0.2, -0.15) is 5.26 Å². The minimum Gasteiger partial charge on any atom is -0.493 e. The molecule has 0 saturated carbocycles. The van der Waals surface area contributed by atoms with E-state index in [2.05, 4.69) is 0 Å². The van der Waals surface area contributed by atoms with Crippen molar-refractivity contribution in [2.24, 2.45) is 0 Å². The van der Waals surface area contributed by atoms with Gasteiger partial charge in [0.05, 0.1) is 18.4 Å². The SMILES string of the molecule is COc1ccccc1Oc1ccc(C#N)c(N)c1. The molecule has 0 unspecified atom stereocenters. The number of nitrogens with zero attached hydrogens (tertiary/aromatic N) is 1. The van der Waals surface area contributed by atoms with Crippen LogP contribution in [0.15, 0.2) is 42.5 Å². The number of nitrogens with two attached hydrogens (primary N) is 1. The number of rotatable bonds is 3. The normalized spacial score (nSPS) is 9.56. The van der Waals surface area contributed by atoms with E-state index >= 15 is 0 Å². The van der Waals surface area contributed by atoms with Gasteiger partial charge in [-0.15, -0.1) is 0 Å². The van der Waals surface area contributed by atoms with E-state index in [1.54, 1.807) is 31.4 Å². The van der Waals surface area contributed by atoms with Crippen molar-refractivity contribution >= 4 is 5.69 Å². The Labute approximate surface area is 105 Å². The summed E-state index contributed by atoms with van der Waals surface area (Å²) in [4.78, 5) is 0. The smallest absolute Gasteiger partial charge is 0.169 e. The van der Waals surface area contributed by atoms with Gasteiger partial charge in [-0.3, -0.25) is 0 Å². The summed E-state index contributed by atoms with van der Waals surface area (Å²) >= 11 is 0. The molecule has 0 aliphatic rings. The number of nitriles is 1. The first-order chi connectivity index (χ1) is 8.74. The lowest BCUT2D eigenvalue weighted by Gasteiger charge is -2.10. The molecule has 4 nitrogen and oxygen atoms in total. The second kappa shape index (κ2) is 5.11. The molecule has 0 aliphatic heterocycles. The lowest BCUT2D eigenvalue weighted by molar-refractivity contribution is 0.379. The number of anilines is 1. The lowest BCUT2D eigenvalue weighted by atomic mass is 10.2. The summed E-state index contributed by atoms with van der Waals surface area (Å²) in [5.41, 5.74) is 6.55. The van der Waals surface area contributed by atoms with Crippen LogP contribution in [0.25, 0.3) is 0 Å². The Balaban J connectivity index is 2.29. The fourth-order valence-corrected chi connectivity index (χ4v) is 1.54. The second-order valence-electron chi connectivity index (χ2n) is 3.61. The van der Waals surface area contributed by atoms with E-state index in [0.717, 1.165) is 0 Å². The van der Waals surface area contributed by atoms with Crippen LogP contribution in [0.4, 0.5) is 5.69 Å². The van der Waals surface area contributed by atoms with Crippen LogP contribution in [-0.2, 0) is 0 Å². The van der Waals surface area contributed by atoms with Gasteiger partial charge in [-0.25, -0.2) is 0 Å². The van der Waals surface area contributed by atoms with Gasteiger partial charge in [-0.05, 0) is 24.3 Å². The first kappa shape index (κ1) is 11.8. The molecule has 0 radical (unpaired) electrons. The van der Waals surface area contributed by atoms with Crippen molar-refractivity contribution in [3.05, 3.63) is 48.0 Å². The van der Waals surface area contributed by atoms with E-state index in [1.165, 1.54) is 0 Å². The van der Waals surface area contributed by atoms with E-state index in [1.807, 2.05) is 24.3 Å². The third kappa shape index (κ3) is 2.36. The van der Waals surface area contributed by atoms with Gasteiger partial charge in [-0.1, -0.05) is 12.1 Å². The number of hydrogen-bond donors (Lipinski definition) is 1. The predicted molar refractivity (Wildman–Crippen MR) is 68.6 cm³/mol. The zero-order valence-electron chi connectivity index (χ0n) is 9.88. The molecule has 0 aliphatic carbocycles. The molecule has 2 N–H and O–H groups in total. The van der Waals surface area contributed by atoms with Crippen LogP contribution in [0.1, 0.15) is 5.56 Å². The van der Waals surface area contributed by atoms with Crippen molar-refractivity contribution in [3.63, 3.8) is 0 Å². The van der Waals surface area contributed by atoms with E-state index in [9.17, 15) is 0 Å². The number of benzene rings is 2. The molecule has 0 saturated heterocycles. The highest BCUT2D eigenvalue weighted by Crippen LogP contribution is 2.32. The zero-order valence-corrected chi connectivity index (χ0v) is 9.88. The number of ether oxygens (including phenoxy) is 2. The monoisotopic (exact) mass is 240 g/mol. The summed E-state index contributed by atoms with van der Waals surface area (Å²) in [5, 5.41) is 8.79. The molecule has 0 fully saturated rings. The maximum atomic E-state index is 8.79. The molecule has 0 aromatic heterocycles. The van der Waals surface area contributed by atoms with E-state index in [4.69, 9.17) is 20.5 Å². The quantitative estimate of drug-likeness (QED) is 0.837. The van der Waals surface area contributed by atoms with Gasteiger partial charge in [0.25, 0.3) is 0 Å². The maximum absolute atomic E-state index is 8.79. The molecule has 2 aromatic carbocycles. The van der Waals surface area contributed by atoms with Gasteiger partial charge in [0, 0.05) is 6.07 Å². The molecule has 0 bridgehead atoms. The van der Waals surface area contributed by atoms with Gasteiger partial charge in [0.1, 0.15) is 11.8 Å². The maximum Gasteiger partial charge on any atom is 0.169 e. The summed E-state index contributed by atoms with van der Waals surface area (Å²) in [7, 11) is 1.58. The lowest BCUT2D eigenvalue weighted by Crippen LogP contribution is -1.93. The third-order valence-corrected chi connectivity index (χ3v) is 2.44. The zero-order chi connectivity index (χ0) is 13.0. The molecular weight excluding hydrogens is 228 g/mol. The topological polar surface area (TPSA) is 68.3 Å². The molecule has 18 heavy (non-hydrogen) atoms. The summed E-state index contributed by atoms with van der Waals surface area (Å²) in [6.07, 6.45) is 0. The Morgan fingerprint density at radius 3 is 2.44 bits per heavy atom. The van der Waals surface area contributed by atoms with Crippen LogP contribution in [0, 0.1) is 11.3 Å². The minimum atomic E-state index is 0.393. The highest BCUT2D eigenvalue weighted by atomic mass is 16.5. The number of nitrogen functional groups attached to an aromatic ring is 1. The number of methoxy groups -OCH3 is 1. The van der Waals surface area contributed by atoms with Crippen molar-refractivity contribution in [3.8, 4) is 23.3 Å². The summed E-state index contributed by atoms with van der Waals surface area (Å²) in [6, 6.07) is 14.3. The van der Waals surface area contributed by atoms with Crippen molar-refractivity contribution in [2.75, 3.05) is 12.8 Å². The van der Waals surface area contributed by atoms with Crippen LogP contribution in [-0.4, -0.2) is 7.11 Å². The standard InChI is InChI=1S/C14H12N2O2/c1-17-13-4-2-3-5-14(13)18-11-7-6-10(9-15)12(16)8-11/h2-8H,16H2,1H3. The van der Waals surface area contributed by atoms with Crippen molar-refractivity contribution in [2.45, 2.75) is 0 Å². The van der Waals surface area contributed by atoms with Crippen LogP contribution in [0.2, 0.25) is 0 Å². The van der Waals surface area contributed by atoms with E-state index in [0.29, 0.717) is 28.5 Å². The fourth-order valence-electron chi connectivity index (χ4n) is 1.54. The first-order valence-corrected chi connectivity index (χ1v) is 5.35. The van der Waals surface area contributed by atoms with Crippen LogP contribution >= 0.6 is 0 Å². The van der Waals surface area contributed by atoms with Crippen LogP contribution < -0.4 is 15.2 Å².